The Kier molecular flexibility index (Phi) is 4.51. The number of carbonyl (C=O) groups excluding carboxylic acids is 1. The molecule has 2 aromatic heterocycles. The zero-order valence-corrected chi connectivity index (χ0v) is 16.9. The van der Waals surface area contributed by atoms with Crippen molar-refractivity contribution in [3.05, 3.63) is 59.6 Å². The summed E-state index contributed by atoms with van der Waals surface area (Å²) in [5.74, 6) is 0.0574. The highest BCUT2D eigenvalue weighted by Crippen LogP contribution is 2.41. The van der Waals surface area contributed by atoms with Crippen molar-refractivity contribution in [1.29, 1.82) is 0 Å². The Morgan fingerprint density at radius 3 is 2.93 bits per heavy atom. The van der Waals surface area contributed by atoms with E-state index in [2.05, 4.69) is 45.5 Å². The van der Waals surface area contributed by atoms with Crippen LogP contribution in [0, 0.1) is 5.92 Å². The molecule has 0 radical (unpaired) electrons. The van der Waals surface area contributed by atoms with E-state index in [0.717, 1.165) is 30.7 Å². The summed E-state index contributed by atoms with van der Waals surface area (Å²) in [6.07, 6.45) is 6.91. The summed E-state index contributed by atoms with van der Waals surface area (Å²) in [5, 5.41) is 5.42. The van der Waals surface area contributed by atoms with Gasteiger partial charge in [-0.25, -0.2) is 0 Å². The number of hydrogen-bond acceptors (Lipinski definition) is 4. The van der Waals surface area contributed by atoms with Gasteiger partial charge in [-0.3, -0.25) is 9.69 Å². The first kappa shape index (κ1) is 18.2. The van der Waals surface area contributed by atoms with Gasteiger partial charge in [0.15, 0.2) is 0 Å². The maximum absolute atomic E-state index is 13.2. The molecule has 0 fully saturated rings. The zero-order chi connectivity index (χ0) is 20.0. The Labute approximate surface area is 170 Å². The summed E-state index contributed by atoms with van der Waals surface area (Å²) in [5.41, 5.74) is 5.92. The molecule has 1 aliphatic heterocycles. The van der Waals surface area contributed by atoms with Crippen molar-refractivity contribution in [3.8, 4) is 0 Å². The number of nitrogens with zero attached hydrogens (tertiary/aromatic N) is 3. The predicted octanol–water partition coefficient (Wildman–Crippen LogP) is 3.46. The quantitative estimate of drug-likeness (QED) is 0.725. The highest BCUT2D eigenvalue weighted by atomic mass is 16.5. The molecule has 1 aliphatic carbocycles. The fourth-order valence-corrected chi connectivity index (χ4v) is 4.95. The summed E-state index contributed by atoms with van der Waals surface area (Å²) >= 11 is 0. The molecule has 1 aromatic carbocycles. The molecule has 1 amide bonds. The lowest BCUT2D eigenvalue weighted by Crippen LogP contribution is -2.49. The number of rotatable bonds is 5. The maximum atomic E-state index is 13.2. The van der Waals surface area contributed by atoms with Gasteiger partial charge in [-0.15, -0.1) is 0 Å². The number of fused-ring (bicyclic) bond motifs is 2. The van der Waals surface area contributed by atoms with Gasteiger partial charge in [0, 0.05) is 55.4 Å². The molecule has 0 saturated carbocycles. The second-order valence-electron chi connectivity index (χ2n) is 7.92. The molecule has 0 unspecified atom stereocenters. The van der Waals surface area contributed by atoms with Gasteiger partial charge in [0.2, 0.25) is 5.91 Å². The number of hydrogen-bond donors (Lipinski definition) is 1. The van der Waals surface area contributed by atoms with Crippen LogP contribution in [0.1, 0.15) is 30.7 Å². The smallest absolute Gasteiger partial charge is 0.230 e. The molecular formula is C23H26N4O2. The van der Waals surface area contributed by atoms with Gasteiger partial charge in [0.25, 0.3) is 0 Å². The third kappa shape index (κ3) is 2.99. The van der Waals surface area contributed by atoms with E-state index in [9.17, 15) is 4.79 Å². The predicted molar refractivity (Wildman–Crippen MR) is 112 cm³/mol. The van der Waals surface area contributed by atoms with Crippen molar-refractivity contribution < 1.29 is 9.32 Å². The van der Waals surface area contributed by atoms with Crippen LogP contribution in [0.3, 0.4) is 0 Å². The molecule has 5 rings (SSSR count). The van der Waals surface area contributed by atoms with Gasteiger partial charge >= 0.3 is 0 Å². The topological polar surface area (TPSA) is 65.4 Å². The highest BCUT2D eigenvalue weighted by molar-refractivity contribution is 5.99. The summed E-state index contributed by atoms with van der Waals surface area (Å²) < 4.78 is 5.06. The lowest BCUT2D eigenvalue weighted by atomic mass is 9.79. The molecular weight excluding hydrogens is 364 g/mol. The molecule has 6 heteroatoms. The first-order chi connectivity index (χ1) is 14.2. The minimum absolute atomic E-state index is 0.149. The number of benzene rings is 1. The van der Waals surface area contributed by atoms with Crippen LogP contribution in [-0.2, 0) is 17.8 Å². The second-order valence-corrected chi connectivity index (χ2v) is 7.92. The molecule has 3 aromatic rings. The van der Waals surface area contributed by atoms with Crippen LogP contribution < -0.4 is 0 Å². The number of nitrogens with one attached hydrogen (secondary N) is 1. The number of amides is 1. The van der Waals surface area contributed by atoms with Crippen LogP contribution in [0.5, 0.6) is 0 Å². The summed E-state index contributed by atoms with van der Waals surface area (Å²) in [4.78, 5) is 21.0. The van der Waals surface area contributed by atoms with Gasteiger partial charge in [-0.2, -0.15) is 0 Å². The van der Waals surface area contributed by atoms with Crippen molar-refractivity contribution in [1.82, 2.24) is 19.9 Å². The molecule has 3 heterocycles. The van der Waals surface area contributed by atoms with Gasteiger partial charge in [-0.1, -0.05) is 23.4 Å². The minimum atomic E-state index is -0.149. The van der Waals surface area contributed by atoms with E-state index in [-0.39, 0.29) is 17.9 Å². The van der Waals surface area contributed by atoms with Crippen molar-refractivity contribution in [2.24, 2.45) is 5.92 Å². The van der Waals surface area contributed by atoms with Crippen LogP contribution in [0.4, 0.5) is 0 Å². The van der Waals surface area contributed by atoms with E-state index < -0.39 is 0 Å². The SMILES string of the molecule is CCN(CC)C(=O)[C@@H]1C=C2c3cccc4[nH]cc(c34)C[C@H]2N(Cc2ccon2)C1. The summed E-state index contributed by atoms with van der Waals surface area (Å²) in [6.45, 7) is 6.93. The molecule has 1 N–H and O–H groups in total. The number of H-pyrrole nitrogens is 1. The fraction of sp³-hybridized carbons (Fsp3) is 0.391. The van der Waals surface area contributed by atoms with Gasteiger partial charge in [0.1, 0.15) is 6.26 Å². The Morgan fingerprint density at radius 2 is 2.17 bits per heavy atom. The monoisotopic (exact) mass is 390 g/mol. The number of aromatic amines is 1. The van der Waals surface area contributed by atoms with Crippen molar-refractivity contribution in [3.63, 3.8) is 0 Å². The Hall–Kier alpha value is -2.86. The third-order valence-electron chi connectivity index (χ3n) is 6.37. The summed E-state index contributed by atoms with van der Waals surface area (Å²) in [7, 11) is 0. The second kappa shape index (κ2) is 7.19. The van der Waals surface area contributed by atoms with Crippen molar-refractivity contribution in [2.75, 3.05) is 19.6 Å². The normalized spacial score (nSPS) is 21.1. The lowest BCUT2D eigenvalue weighted by molar-refractivity contribution is -0.134. The molecule has 29 heavy (non-hydrogen) atoms. The van der Waals surface area contributed by atoms with E-state index >= 15 is 0 Å². The van der Waals surface area contributed by atoms with Gasteiger partial charge in [0.05, 0.1) is 11.6 Å². The van der Waals surface area contributed by atoms with Crippen LogP contribution >= 0.6 is 0 Å². The van der Waals surface area contributed by atoms with Crippen molar-refractivity contribution in [2.45, 2.75) is 32.9 Å². The van der Waals surface area contributed by atoms with Crippen LogP contribution in [0.25, 0.3) is 16.5 Å². The molecule has 0 saturated heterocycles. The first-order valence-electron chi connectivity index (χ1n) is 10.4. The summed E-state index contributed by atoms with van der Waals surface area (Å²) in [6, 6.07) is 8.55. The Morgan fingerprint density at radius 1 is 1.31 bits per heavy atom. The average molecular weight is 390 g/mol. The standard InChI is InChI=1S/C23H26N4O2/c1-3-26(4-2)23(28)16-10-19-18-6-5-7-20-22(18)15(12-24-20)11-21(19)27(13-16)14-17-8-9-29-25-17/h5-10,12,16,21,24H,3-4,11,13-14H2,1-2H3/t16-,21-/m1/s1. The van der Waals surface area contributed by atoms with E-state index in [4.69, 9.17) is 4.52 Å². The van der Waals surface area contributed by atoms with E-state index in [1.54, 1.807) is 6.26 Å². The number of aromatic nitrogens is 2. The maximum Gasteiger partial charge on any atom is 0.230 e. The Bertz CT molecular complexity index is 1060. The Balaban J connectivity index is 1.59. The molecule has 2 atom stereocenters. The lowest BCUT2D eigenvalue weighted by Gasteiger charge is -2.42. The van der Waals surface area contributed by atoms with Crippen LogP contribution in [0.2, 0.25) is 0 Å². The zero-order valence-electron chi connectivity index (χ0n) is 16.9. The van der Waals surface area contributed by atoms with Gasteiger partial charge < -0.3 is 14.4 Å². The van der Waals surface area contributed by atoms with Crippen LogP contribution in [0.15, 0.2) is 47.3 Å². The number of carbonyl (C=O) groups is 1. The molecule has 150 valence electrons. The van der Waals surface area contributed by atoms with E-state index in [1.165, 1.54) is 22.1 Å². The average Bonchev–Trinajstić information content (AvgIpc) is 3.40. The molecule has 2 aliphatic rings. The first-order valence-corrected chi connectivity index (χ1v) is 10.4. The molecule has 0 bridgehead atoms. The minimum Gasteiger partial charge on any atom is -0.364 e. The van der Waals surface area contributed by atoms with E-state index in [0.29, 0.717) is 13.1 Å². The van der Waals surface area contributed by atoms with Crippen LogP contribution in [-0.4, -0.2) is 51.5 Å². The molecule has 0 spiro atoms. The largest absolute Gasteiger partial charge is 0.364 e. The van der Waals surface area contributed by atoms with Crippen molar-refractivity contribution >= 4 is 22.4 Å². The van der Waals surface area contributed by atoms with Gasteiger partial charge in [-0.05, 0) is 43.0 Å². The van der Waals surface area contributed by atoms with E-state index in [1.807, 2.05) is 24.8 Å². The molecule has 6 nitrogen and oxygen atoms in total. The third-order valence-corrected chi connectivity index (χ3v) is 6.37. The highest BCUT2D eigenvalue weighted by Gasteiger charge is 2.38. The fourth-order valence-electron chi connectivity index (χ4n) is 4.95.